The lowest BCUT2D eigenvalue weighted by molar-refractivity contribution is -0.0125. The van der Waals surface area contributed by atoms with Gasteiger partial charge in [-0.2, -0.15) is 0 Å². The van der Waals surface area contributed by atoms with Gasteiger partial charge in [0.05, 0.1) is 36.1 Å². The lowest BCUT2D eigenvalue weighted by Crippen LogP contribution is -2.44. The normalized spacial score (nSPS) is 19.3. The summed E-state index contributed by atoms with van der Waals surface area (Å²) < 4.78 is 10.6. The van der Waals surface area contributed by atoms with Crippen molar-refractivity contribution in [1.82, 2.24) is 4.90 Å². The molecule has 1 fully saturated rings. The van der Waals surface area contributed by atoms with Crippen LogP contribution < -0.4 is 10.5 Å². The SMILES string of the molecule is COc1cc(N)c(Cl)cc1C(=O)N1CCOC(C)C1. The summed E-state index contributed by atoms with van der Waals surface area (Å²) in [5.74, 6) is 0.319. The Morgan fingerprint density at radius 2 is 2.32 bits per heavy atom. The van der Waals surface area contributed by atoms with E-state index in [2.05, 4.69) is 0 Å². The maximum atomic E-state index is 12.5. The van der Waals surface area contributed by atoms with Crippen LogP contribution in [0.2, 0.25) is 5.02 Å². The average molecular weight is 285 g/mol. The number of ether oxygens (including phenoxy) is 2. The van der Waals surface area contributed by atoms with E-state index < -0.39 is 0 Å². The monoisotopic (exact) mass is 284 g/mol. The lowest BCUT2D eigenvalue weighted by atomic mass is 10.1. The van der Waals surface area contributed by atoms with Crippen LogP contribution in [0, 0.1) is 0 Å². The number of anilines is 1. The van der Waals surface area contributed by atoms with E-state index in [4.69, 9.17) is 26.8 Å². The van der Waals surface area contributed by atoms with Gasteiger partial charge >= 0.3 is 0 Å². The van der Waals surface area contributed by atoms with Gasteiger partial charge in [-0.05, 0) is 13.0 Å². The molecule has 6 heteroatoms. The Hall–Kier alpha value is -1.46. The predicted molar refractivity (Wildman–Crippen MR) is 73.7 cm³/mol. The Balaban J connectivity index is 2.30. The van der Waals surface area contributed by atoms with Crippen molar-refractivity contribution in [2.24, 2.45) is 0 Å². The van der Waals surface area contributed by atoms with Crippen LogP contribution in [0.4, 0.5) is 5.69 Å². The Bertz CT molecular complexity index is 493. The van der Waals surface area contributed by atoms with Crippen molar-refractivity contribution in [3.05, 3.63) is 22.7 Å². The van der Waals surface area contributed by atoms with E-state index in [1.807, 2.05) is 6.92 Å². The molecule has 104 valence electrons. The maximum Gasteiger partial charge on any atom is 0.257 e. The van der Waals surface area contributed by atoms with Crippen molar-refractivity contribution in [2.75, 3.05) is 32.5 Å². The van der Waals surface area contributed by atoms with Crippen LogP contribution in [-0.2, 0) is 4.74 Å². The fourth-order valence-corrected chi connectivity index (χ4v) is 2.24. The number of nitrogens with two attached hydrogens (primary N) is 1. The molecule has 5 nitrogen and oxygen atoms in total. The zero-order chi connectivity index (χ0) is 14.0. The van der Waals surface area contributed by atoms with Crippen LogP contribution in [0.1, 0.15) is 17.3 Å². The second-order valence-electron chi connectivity index (χ2n) is 4.51. The number of nitrogen functional groups attached to an aromatic ring is 1. The van der Waals surface area contributed by atoms with E-state index in [0.29, 0.717) is 41.7 Å². The highest BCUT2D eigenvalue weighted by Gasteiger charge is 2.25. The zero-order valence-electron chi connectivity index (χ0n) is 11.0. The standard InChI is InChI=1S/C13H17ClN2O3/c1-8-7-16(3-4-19-8)13(17)9-5-10(14)11(15)6-12(9)18-2/h5-6,8H,3-4,7,15H2,1-2H3. The van der Waals surface area contributed by atoms with E-state index >= 15 is 0 Å². The van der Waals surface area contributed by atoms with Crippen LogP contribution in [-0.4, -0.2) is 43.7 Å². The van der Waals surface area contributed by atoms with Crippen molar-refractivity contribution in [2.45, 2.75) is 13.0 Å². The highest BCUT2D eigenvalue weighted by molar-refractivity contribution is 6.33. The minimum Gasteiger partial charge on any atom is -0.496 e. The number of hydrogen-bond donors (Lipinski definition) is 1. The molecule has 1 aliphatic heterocycles. The third kappa shape index (κ3) is 2.93. The molecule has 1 aliphatic rings. The Kier molecular flexibility index (Phi) is 4.17. The third-order valence-electron chi connectivity index (χ3n) is 3.08. The number of benzene rings is 1. The minimum absolute atomic E-state index is 0.0351. The molecule has 19 heavy (non-hydrogen) atoms. The number of methoxy groups -OCH3 is 1. The minimum atomic E-state index is -0.117. The zero-order valence-corrected chi connectivity index (χ0v) is 11.7. The van der Waals surface area contributed by atoms with Gasteiger partial charge in [0.1, 0.15) is 5.75 Å². The summed E-state index contributed by atoms with van der Waals surface area (Å²) in [6.45, 7) is 3.60. The Labute approximate surface area is 117 Å². The van der Waals surface area contributed by atoms with Crippen molar-refractivity contribution >= 4 is 23.2 Å². The molecule has 1 aromatic rings. The van der Waals surface area contributed by atoms with Gasteiger partial charge in [-0.25, -0.2) is 0 Å². The number of hydrogen-bond acceptors (Lipinski definition) is 4. The largest absolute Gasteiger partial charge is 0.496 e. The first-order valence-electron chi connectivity index (χ1n) is 6.06. The summed E-state index contributed by atoms with van der Waals surface area (Å²) in [6, 6.07) is 3.12. The van der Waals surface area contributed by atoms with Gasteiger partial charge in [0.15, 0.2) is 0 Å². The predicted octanol–water partition coefficient (Wildman–Crippen LogP) is 1.79. The van der Waals surface area contributed by atoms with Gasteiger partial charge in [0, 0.05) is 19.2 Å². The highest BCUT2D eigenvalue weighted by Crippen LogP contribution is 2.30. The van der Waals surface area contributed by atoms with Crippen molar-refractivity contribution in [1.29, 1.82) is 0 Å². The van der Waals surface area contributed by atoms with Crippen LogP contribution in [0.25, 0.3) is 0 Å². The van der Waals surface area contributed by atoms with Gasteiger partial charge in [-0.15, -0.1) is 0 Å². The maximum absolute atomic E-state index is 12.5. The molecule has 0 spiro atoms. The van der Waals surface area contributed by atoms with Crippen LogP contribution >= 0.6 is 11.6 Å². The van der Waals surface area contributed by atoms with Crippen LogP contribution in [0.5, 0.6) is 5.75 Å². The summed E-state index contributed by atoms with van der Waals surface area (Å²) >= 11 is 5.98. The number of halogens is 1. The number of rotatable bonds is 2. The molecule has 1 atom stereocenters. The molecule has 1 saturated heterocycles. The Morgan fingerprint density at radius 1 is 1.58 bits per heavy atom. The number of carbonyl (C=O) groups is 1. The van der Waals surface area contributed by atoms with Gasteiger partial charge in [0.2, 0.25) is 0 Å². The molecule has 0 aromatic heterocycles. The molecule has 2 rings (SSSR count). The smallest absolute Gasteiger partial charge is 0.257 e. The number of morpholine rings is 1. The van der Waals surface area contributed by atoms with Crippen LogP contribution in [0.3, 0.4) is 0 Å². The fourth-order valence-electron chi connectivity index (χ4n) is 2.08. The van der Waals surface area contributed by atoms with E-state index in [-0.39, 0.29) is 12.0 Å². The first-order valence-corrected chi connectivity index (χ1v) is 6.44. The van der Waals surface area contributed by atoms with Gasteiger partial charge in [-0.1, -0.05) is 11.6 Å². The molecule has 2 N–H and O–H groups in total. The van der Waals surface area contributed by atoms with E-state index in [0.717, 1.165) is 0 Å². The molecular weight excluding hydrogens is 268 g/mol. The summed E-state index contributed by atoms with van der Waals surface area (Å²) in [4.78, 5) is 14.2. The summed E-state index contributed by atoms with van der Waals surface area (Å²) in [5, 5.41) is 0.352. The molecule has 0 radical (unpaired) electrons. The van der Waals surface area contributed by atoms with Gasteiger partial charge in [-0.3, -0.25) is 4.79 Å². The molecule has 1 amide bonds. The molecular formula is C13H17ClN2O3. The fraction of sp³-hybridized carbons (Fsp3) is 0.462. The summed E-state index contributed by atoms with van der Waals surface area (Å²) in [5.41, 5.74) is 6.53. The average Bonchev–Trinajstić information content (AvgIpc) is 2.40. The number of nitrogens with zero attached hydrogens (tertiary/aromatic N) is 1. The van der Waals surface area contributed by atoms with Crippen LogP contribution in [0.15, 0.2) is 12.1 Å². The summed E-state index contributed by atoms with van der Waals surface area (Å²) in [7, 11) is 1.50. The molecule has 0 bridgehead atoms. The molecule has 0 saturated carbocycles. The number of amides is 1. The third-order valence-corrected chi connectivity index (χ3v) is 3.40. The van der Waals surface area contributed by atoms with Crippen molar-refractivity contribution in [3.8, 4) is 5.75 Å². The quantitative estimate of drug-likeness (QED) is 0.841. The van der Waals surface area contributed by atoms with Gasteiger partial charge in [0.25, 0.3) is 5.91 Å². The Morgan fingerprint density at radius 3 is 2.95 bits per heavy atom. The van der Waals surface area contributed by atoms with E-state index in [1.165, 1.54) is 7.11 Å². The lowest BCUT2D eigenvalue weighted by Gasteiger charge is -2.31. The molecule has 1 heterocycles. The second-order valence-corrected chi connectivity index (χ2v) is 4.91. The number of carbonyl (C=O) groups excluding carboxylic acids is 1. The van der Waals surface area contributed by atoms with Crippen molar-refractivity contribution < 1.29 is 14.3 Å². The molecule has 1 aromatic carbocycles. The first kappa shape index (κ1) is 14.0. The summed E-state index contributed by atoms with van der Waals surface area (Å²) in [6.07, 6.45) is 0.0351. The highest BCUT2D eigenvalue weighted by atomic mass is 35.5. The van der Waals surface area contributed by atoms with Gasteiger partial charge < -0.3 is 20.1 Å². The van der Waals surface area contributed by atoms with E-state index in [9.17, 15) is 4.79 Å². The first-order chi connectivity index (χ1) is 9.02. The van der Waals surface area contributed by atoms with Crippen molar-refractivity contribution in [3.63, 3.8) is 0 Å². The van der Waals surface area contributed by atoms with E-state index in [1.54, 1.807) is 17.0 Å². The topological polar surface area (TPSA) is 64.8 Å². The second kappa shape index (κ2) is 5.67. The molecule has 0 aliphatic carbocycles. The molecule has 1 unspecified atom stereocenters.